The molecule has 2 unspecified atom stereocenters. The minimum absolute atomic E-state index is 0.104. The van der Waals surface area contributed by atoms with Gasteiger partial charge in [-0.1, -0.05) is 0 Å². The van der Waals surface area contributed by atoms with Crippen LogP contribution in [0.25, 0.3) is 0 Å². The molecule has 2 heterocycles. The van der Waals surface area contributed by atoms with Crippen molar-refractivity contribution in [3.05, 3.63) is 12.4 Å². The van der Waals surface area contributed by atoms with Gasteiger partial charge in [0, 0.05) is 32.5 Å². The molecule has 2 atom stereocenters. The lowest BCUT2D eigenvalue weighted by Gasteiger charge is -2.36. The Hall–Kier alpha value is -0.740. The number of imidazole rings is 1. The van der Waals surface area contributed by atoms with Crippen molar-refractivity contribution in [3.8, 4) is 0 Å². The molecule has 0 aromatic carbocycles. The number of aryl methyl sites for hydroxylation is 1. The number of ether oxygens (including phenoxy) is 1. The summed E-state index contributed by atoms with van der Waals surface area (Å²) in [5, 5.41) is 0. The molecule has 0 bridgehead atoms. The predicted octanol–water partition coefficient (Wildman–Crippen LogP) is 1.25. The van der Waals surface area contributed by atoms with Gasteiger partial charge in [0.1, 0.15) is 0 Å². The second kappa shape index (κ2) is 4.41. The number of aromatic nitrogens is 2. The van der Waals surface area contributed by atoms with E-state index in [4.69, 9.17) is 16.3 Å². The van der Waals surface area contributed by atoms with Gasteiger partial charge in [0.15, 0.2) is 0 Å². The molecule has 15 heavy (non-hydrogen) atoms. The first kappa shape index (κ1) is 10.8. The molecule has 5 heteroatoms. The van der Waals surface area contributed by atoms with Crippen LogP contribution in [0.4, 0.5) is 5.95 Å². The van der Waals surface area contributed by atoms with Crippen molar-refractivity contribution < 1.29 is 4.74 Å². The van der Waals surface area contributed by atoms with Crippen LogP contribution in [0.5, 0.6) is 0 Å². The molecule has 0 N–H and O–H groups in total. The van der Waals surface area contributed by atoms with Crippen molar-refractivity contribution in [1.82, 2.24) is 9.55 Å². The van der Waals surface area contributed by atoms with Gasteiger partial charge in [-0.15, -0.1) is 11.6 Å². The van der Waals surface area contributed by atoms with E-state index in [1.165, 1.54) is 0 Å². The molecule has 0 amide bonds. The molecule has 1 fully saturated rings. The third-order valence-corrected chi connectivity index (χ3v) is 2.92. The predicted molar refractivity (Wildman–Crippen MR) is 60.5 cm³/mol. The summed E-state index contributed by atoms with van der Waals surface area (Å²) >= 11 is 5.83. The van der Waals surface area contributed by atoms with Crippen LogP contribution in [0.15, 0.2) is 12.4 Å². The fraction of sp³-hybridized carbons (Fsp3) is 0.700. The molecule has 1 saturated heterocycles. The second-order valence-corrected chi connectivity index (χ2v) is 4.27. The first-order chi connectivity index (χ1) is 7.20. The third-order valence-electron chi connectivity index (χ3n) is 2.58. The Balaban J connectivity index is 2.12. The zero-order valence-corrected chi connectivity index (χ0v) is 9.81. The van der Waals surface area contributed by atoms with E-state index in [0.717, 1.165) is 19.0 Å². The molecule has 4 nitrogen and oxygen atoms in total. The van der Waals surface area contributed by atoms with E-state index in [1.807, 2.05) is 24.0 Å². The molecule has 2 rings (SSSR count). The standard InChI is InChI=1S/C10H16ClN3O/c1-8-6-14(7-9(5-11)15-8)10-12-3-4-13(10)2/h3-4,8-9H,5-7H2,1-2H3. The molecule has 1 aliphatic rings. The van der Waals surface area contributed by atoms with E-state index >= 15 is 0 Å². The number of hydrogen-bond donors (Lipinski definition) is 0. The molecular formula is C10H16ClN3O. The average molecular weight is 230 g/mol. The Kier molecular flexibility index (Phi) is 3.17. The highest BCUT2D eigenvalue weighted by Crippen LogP contribution is 2.18. The van der Waals surface area contributed by atoms with Gasteiger partial charge in [-0.2, -0.15) is 0 Å². The number of alkyl halides is 1. The summed E-state index contributed by atoms with van der Waals surface area (Å²) < 4.78 is 7.71. The average Bonchev–Trinajstić information content (AvgIpc) is 2.63. The van der Waals surface area contributed by atoms with Crippen molar-refractivity contribution in [3.63, 3.8) is 0 Å². The molecule has 0 saturated carbocycles. The van der Waals surface area contributed by atoms with Crippen LogP contribution in [0, 0.1) is 0 Å². The van der Waals surface area contributed by atoms with Gasteiger partial charge < -0.3 is 14.2 Å². The van der Waals surface area contributed by atoms with E-state index in [1.54, 1.807) is 0 Å². The molecule has 0 radical (unpaired) electrons. The maximum atomic E-state index is 5.83. The van der Waals surface area contributed by atoms with Gasteiger partial charge in [0.05, 0.1) is 18.1 Å². The van der Waals surface area contributed by atoms with E-state index in [2.05, 4.69) is 16.8 Å². The quantitative estimate of drug-likeness (QED) is 0.716. The Bertz CT molecular complexity index is 328. The van der Waals surface area contributed by atoms with Crippen molar-refractivity contribution >= 4 is 17.5 Å². The van der Waals surface area contributed by atoms with Crippen LogP contribution in [0.2, 0.25) is 0 Å². The van der Waals surface area contributed by atoms with Crippen LogP contribution in [-0.4, -0.2) is 40.7 Å². The highest BCUT2D eigenvalue weighted by atomic mass is 35.5. The van der Waals surface area contributed by atoms with Crippen LogP contribution in [0.3, 0.4) is 0 Å². The van der Waals surface area contributed by atoms with Crippen molar-refractivity contribution in [2.75, 3.05) is 23.9 Å². The van der Waals surface area contributed by atoms with Crippen molar-refractivity contribution in [1.29, 1.82) is 0 Å². The van der Waals surface area contributed by atoms with Crippen LogP contribution < -0.4 is 4.90 Å². The minimum Gasteiger partial charge on any atom is -0.370 e. The first-order valence-corrected chi connectivity index (χ1v) is 5.68. The van der Waals surface area contributed by atoms with Crippen molar-refractivity contribution in [2.24, 2.45) is 7.05 Å². The van der Waals surface area contributed by atoms with E-state index in [0.29, 0.717) is 5.88 Å². The molecule has 1 aromatic heterocycles. The highest BCUT2D eigenvalue weighted by molar-refractivity contribution is 6.18. The summed E-state index contributed by atoms with van der Waals surface area (Å²) in [4.78, 5) is 6.56. The second-order valence-electron chi connectivity index (χ2n) is 3.97. The fourth-order valence-electron chi connectivity index (χ4n) is 1.96. The lowest BCUT2D eigenvalue weighted by Crippen LogP contribution is -2.48. The normalized spacial score (nSPS) is 27.0. The highest BCUT2D eigenvalue weighted by Gasteiger charge is 2.26. The maximum Gasteiger partial charge on any atom is 0.205 e. The fourth-order valence-corrected chi connectivity index (χ4v) is 2.13. The lowest BCUT2D eigenvalue weighted by atomic mass is 10.2. The summed E-state index contributed by atoms with van der Waals surface area (Å²) in [7, 11) is 2.00. The SMILES string of the molecule is CC1CN(c2nccn2C)CC(CCl)O1. The summed E-state index contributed by atoms with van der Waals surface area (Å²) in [5.41, 5.74) is 0. The van der Waals surface area contributed by atoms with Crippen LogP contribution in [-0.2, 0) is 11.8 Å². The zero-order valence-electron chi connectivity index (χ0n) is 9.06. The Morgan fingerprint density at radius 1 is 1.60 bits per heavy atom. The largest absolute Gasteiger partial charge is 0.370 e. The van der Waals surface area contributed by atoms with Gasteiger partial charge in [-0.05, 0) is 6.92 Å². The van der Waals surface area contributed by atoms with E-state index < -0.39 is 0 Å². The number of anilines is 1. The summed E-state index contributed by atoms with van der Waals surface area (Å²) in [6, 6.07) is 0. The van der Waals surface area contributed by atoms with E-state index in [9.17, 15) is 0 Å². The number of hydrogen-bond acceptors (Lipinski definition) is 3. The summed E-state index contributed by atoms with van der Waals surface area (Å²) in [6.45, 7) is 3.76. The number of nitrogens with zero attached hydrogens (tertiary/aromatic N) is 3. The van der Waals surface area contributed by atoms with Crippen molar-refractivity contribution in [2.45, 2.75) is 19.1 Å². The van der Waals surface area contributed by atoms with Crippen LogP contribution in [0.1, 0.15) is 6.92 Å². The Morgan fingerprint density at radius 2 is 2.40 bits per heavy atom. The van der Waals surface area contributed by atoms with E-state index in [-0.39, 0.29) is 12.2 Å². The van der Waals surface area contributed by atoms with Gasteiger partial charge in [0.2, 0.25) is 5.95 Å². The van der Waals surface area contributed by atoms with Crippen LogP contribution >= 0.6 is 11.6 Å². The third kappa shape index (κ3) is 2.26. The molecular weight excluding hydrogens is 214 g/mol. The monoisotopic (exact) mass is 229 g/mol. The van der Waals surface area contributed by atoms with Gasteiger partial charge in [-0.25, -0.2) is 4.98 Å². The Morgan fingerprint density at radius 3 is 3.00 bits per heavy atom. The van der Waals surface area contributed by atoms with Gasteiger partial charge in [0.25, 0.3) is 0 Å². The molecule has 84 valence electrons. The Labute approximate surface area is 94.8 Å². The summed E-state index contributed by atoms with van der Waals surface area (Å²) in [5.74, 6) is 1.52. The van der Waals surface area contributed by atoms with Gasteiger partial charge in [-0.3, -0.25) is 0 Å². The smallest absolute Gasteiger partial charge is 0.205 e. The minimum atomic E-state index is 0.104. The number of rotatable bonds is 2. The number of halogens is 1. The maximum absolute atomic E-state index is 5.83. The number of morpholine rings is 1. The molecule has 0 spiro atoms. The van der Waals surface area contributed by atoms with Gasteiger partial charge >= 0.3 is 0 Å². The topological polar surface area (TPSA) is 30.3 Å². The molecule has 0 aliphatic carbocycles. The molecule has 1 aromatic rings. The summed E-state index contributed by atoms with van der Waals surface area (Å²) in [6.07, 6.45) is 4.07. The first-order valence-electron chi connectivity index (χ1n) is 5.14. The lowest BCUT2D eigenvalue weighted by molar-refractivity contribution is -0.00396. The molecule has 1 aliphatic heterocycles. The zero-order chi connectivity index (χ0) is 10.8.